The SMILES string of the molecule is Cl.NCC[C@@H](N)c1cccc2[nH]ccc12. The first-order valence-electron chi connectivity index (χ1n) is 4.84. The van der Waals surface area contributed by atoms with E-state index >= 15 is 0 Å². The number of aromatic amines is 1. The van der Waals surface area contributed by atoms with E-state index in [4.69, 9.17) is 11.5 Å². The Morgan fingerprint density at radius 3 is 2.80 bits per heavy atom. The Morgan fingerprint density at radius 1 is 1.27 bits per heavy atom. The van der Waals surface area contributed by atoms with Crippen molar-refractivity contribution >= 4 is 23.3 Å². The molecule has 0 radical (unpaired) electrons. The summed E-state index contributed by atoms with van der Waals surface area (Å²) < 4.78 is 0. The lowest BCUT2D eigenvalue weighted by atomic mass is 10.0. The maximum atomic E-state index is 6.04. The standard InChI is InChI=1S/C11H15N3.ClH/c12-6-4-10(13)8-2-1-3-11-9(8)5-7-14-11;/h1-3,5,7,10,14H,4,6,12-13H2;1H/t10-;/m1./s1. The van der Waals surface area contributed by atoms with E-state index in [2.05, 4.69) is 17.1 Å². The zero-order valence-electron chi connectivity index (χ0n) is 8.44. The maximum absolute atomic E-state index is 6.04. The first kappa shape index (κ1) is 12.0. The monoisotopic (exact) mass is 225 g/mol. The van der Waals surface area contributed by atoms with Crippen LogP contribution in [0.4, 0.5) is 0 Å². The molecule has 0 aliphatic carbocycles. The third-order valence-electron chi connectivity index (χ3n) is 2.51. The molecule has 0 saturated carbocycles. The number of halogens is 1. The Kier molecular flexibility index (Phi) is 4.15. The highest BCUT2D eigenvalue weighted by molar-refractivity contribution is 5.85. The van der Waals surface area contributed by atoms with Crippen LogP contribution < -0.4 is 11.5 Å². The van der Waals surface area contributed by atoms with Gasteiger partial charge < -0.3 is 16.5 Å². The molecule has 1 heterocycles. The number of hydrogen-bond donors (Lipinski definition) is 3. The molecule has 2 rings (SSSR count). The van der Waals surface area contributed by atoms with E-state index in [-0.39, 0.29) is 18.4 Å². The molecule has 3 nitrogen and oxygen atoms in total. The van der Waals surface area contributed by atoms with Crippen LogP contribution >= 0.6 is 12.4 Å². The van der Waals surface area contributed by atoms with Gasteiger partial charge in [-0.05, 0) is 30.7 Å². The Bertz CT molecular complexity index is 424. The quantitative estimate of drug-likeness (QED) is 0.747. The molecule has 5 N–H and O–H groups in total. The molecule has 4 heteroatoms. The second kappa shape index (κ2) is 5.16. The molecule has 0 amide bonds. The van der Waals surface area contributed by atoms with E-state index < -0.39 is 0 Å². The fourth-order valence-corrected chi connectivity index (χ4v) is 1.77. The maximum Gasteiger partial charge on any atom is 0.0457 e. The van der Waals surface area contributed by atoms with Gasteiger partial charge in [0.25, 0.3) is 0 Å². The summed E-state index contributed by atoms with van der Waals surface area (Å²) in [4.78, 5) is 3.17. The molecular weight excluding hydrogens is 210 g/mol. The van der Waals surface area contributed by atoms with Crippen LogP contribution in [0.3, 0.4) is 0 Å². The van der Waals surface area contributed by atoms with Gasteiger partial charge in [0.1, 0.15) is 0 Å². The molecule has 0 unspecified atom stereocenters. The van der Waals surface area contributed by atoms with Gasteiger partial charge in [-0.3, -0.25) is 0 Å². The topological polar surface area (TPSA) is 67.8 Å². The molecule has 1 aromatic heterocycles. The van der Waals surface area contributed by atoms with Crippen molar-refractivity contribution in [2.45, 2.75) is 12.5 Å². The van der Waals surface area contributed by atoms with E-state index in [1.807, 2.05) is 18.3 Å². The van der Waals surface area contributed by atoms with Crippen LogP contribution in [-0.4, -0.2) is 11.5 Å². The predicted molar refractivity (Wildman–Crippen MR) is 66.1 cm³/mol. The van der Waals surface area contributed by atoms with Gasteiger partial charge in [0.2, 0.25) is 0 Å². The minimum atomic E-state index is 0. The molecule has 0 saturated heterocycles. The van der Waals surface area contributed by atoms with E-state index in [0.717, 1.165) is 11.9 Å². The van der Waals surface area contributed by atoms with Crippen LogP contribution in [0.2, 0.25) is 0 Å². The van der Waals surface area contributed by atoms with Gasteiger partial charge in [0, 0.05) is 23.1 Å². The first-order chi connectivity index (χ1) is 6.83. The van der Waals surface area contributed by atoms with Gasteiger partial charge in [0.15, 0.2) is 0 Å². The van der Waals surface area contributed by atoms with Gasteiger partial charge in [-0.25, -0.2) is 0 Å². The third kappa shape index (κ3) is 2.31. The summed E-state index contributed by atoms with van der Waals surface area (Å²) in [5, 5.41) is 1.20. The number of H-pyrrole nitrogens is 1. The van der Waals surface area contributed by atoms with Crippen molar-refractivity contribution in [1.82, 2.24) is 4.98 Å². The third-order valence-corrected chi connectivity index (χ3v) is 2.51. The van der Waals surface area contributed by atoms with Gasteiger partial charge in [-0.15, -0.1) is 12.4 Å². The van der Waals surface area contributed by atoms with Gasteiger partial charge in [-0.1, -0.05) is 12.1 Å². The molecule has 2 aromatic rings. The van der Waals surface area contributed by atoms with Crippen molar-refractivity contribution in [1.29, 1.82) is 0 Å². The van der Waals surface area contributed by atoms with Gasteiger partial charge in [0.05, 0.1) is 0 Å². The van der Waals surface area contributed by atoms with E-state index in [0.29, 0.717) is 6.54 Å². The highest BCUT2D eigenvalue weighted by Gasteiger charge is 2.08. The number of fused-ring (bicyclic) bond motifs is 1. The molecule has 0 aliphatic rings. The molecule has 0 fully saturated rings. The summed E-state index contributed by atoms with van der Waals surface area (Å²) in [5.41, 5.74) is 13.8. The molecule has 1 aromatic carbocycles. The summed E-state index contributed by atoms with van der Waals surface area (Å²) in [6.45, 7) is 0.627. The lowest BCUT2D eigenvalue weighted by Gasteiger charge is -2.11. The van der Waals surface area contributed by atoms with E-state index in [9.17, 15) is 0 Å². The summed E-state index contributed by atoms with van der Waals surface area (Å²) >= 11 is 0. The van der Waals surface area contributed by atoms with Crippen molar-refractivity contribution < 1.29 is 0 Å². The molecular formula is C11H16ClN3. The van der Waals surface area contributed by atoms with Crippen LogP contribution in [0.25, 0.3) is 10.9 Å². The van der Waals surface area contributed by atoms with E-state index in [1.165, 1.54) is 10.9 Å². The van der Waals surface area contributed by atoms with Crippen LogP contribution in [0.1, 0.15) is 18.0 Å². The van der Waals surface area contributed by atoms with Crippen molar-refractivity contribution in [2.24, 2.45) is 11.5 Å². The highest BCUT2D eigenvalue weighted by atomic mass is 35.5. The molecule has 0 bridgehead atoms. The second-order valence-corrected chi connectivity index (χ2v) is 3.47. The molecule has 1 atom stereocenters. The Labute approximate surface area is 95.2 Å². The molecule has 15 heavy (non-hydrogen) atoms. The Hall–Kier alpha value is -1.03. The minimum Gasteiger partial charge on any atom is -0.361 e. The van der Waals surface area contributed by atoms with Crippen LogP contribution in [-0.2, 0) is 0 Å². The van der Waals surface area contributed by atoms with Gasteiger partial charge >= 0.3 is 0 Å². The van der Waals surface area contributed by atoms with Crippen LogP contribution in [0.5, 0.6) is 0 Å². The van der Waals surface area contributed by atoms with Crippen molar-refractivity contribution in [3.8, 4) is 0 Å². The zero-order valence-corrected chi connectivity index (χ0v) is 9.26. The molecule has 82 valence electrons. The lowest BCUT2D eigenvalue weighted by molar-refractivity contribution is 0.666. The average Bonchev–Trinajstić information content (AvgIpc) is 2.65. The number of rotatable bonds is 3. The van der Waals surface area contributed by atoms with Crippen LogP contribution in [0, 0.1) is 0 Å². The second-order valence-electron chi connectivity index (χ2n) is 3.47. The molecule has 0 spiro atoms. The Morgan fingerprint density at radius 2 is 2.07 bits per heavy atom. The number of hydrogen-bond acceptors (Lipinski definition) is 2. The van der Waals surface area contributed by atoms with Gasteiger partial charge in [-0.2, -0.15) is 0 Å². The van der Waals surface area contributed by atoms with Crippen LogP contribution in [0.15, 0.2) is 30.5 Å². The summed E-state index contributed by atoms with van der Waals surface area (Å²) in [6.07, 6.45) is 2.76. The first-order valence-corrected chi connectivity index (χ1v) is 4.84. The number of nitrogens with two attached hydrogens (primary N) is 2. The zero-order chi connectivity index (χ0) is 9.97. The van der Waals surface area contributed by atoms with Crippen molar-refractivity contribution in [3.05, 3.63) is 36.0 Å². The van der Waals surface area contributed by atoms with E-state index in [1.54, 1.807) is 0 Å². The minimum absolute atomic E-state index is 0. The highest BCUT2D eigenvalue weighted by Crippen LogP contribution is 2.23. The van der Waals surface area contributed by atoms with Crippen molar-refractivity contribution in [2.75, 3.05) is 6.54 Å². The fraction of sp³-hybridized carbons (Fsp3) is 0.273. The van der Waals surface area contributed by atoms with Crippen molar-refractivity contribution in [3.63, 3.8) is 0 Å². The number of nitrogens with one attached hydrogen (secondary N) is 1. The average molecular weight is 226 g/mol. The normalized spacial score (nSPS) is 12.4. The molecule has 0 aliphatic heterocycles. The number of aromatic nitrogens is 1. The summed E-state index contributed by atoms with van der Waals surface area (Å²) in [7, 11) is 0. The fourth-order valence-electron chi connectivity index (χ4n) is 1.77. The predicted octanol–water partition coefficient (Wildman–Crippen LogP) is 1.94. The summed E-state index contributed by atoms with van der Waals surface area (Å²) in [6, 6.07) is 8.23. The largest absolute Gasteiger partial charge is 0.361 e. The summed E-state index contributed by atoms with van der Waals surface area (Å²) in [5.74, 6) is 0. The smallest absolute Gasteiger partial charge is 0.0457 e. The Balaban J connectivity index is 0.00000112. The number of benzene rings is 1. The lowest BCUT2D eigenvalue weighted by Crippen LogP contribution is -2.15.